The summed E-state index contributed by atoms with van der Waals surface area (Å²) >= 11 is 6.02. The van der Waals surface area contributed by atoms with Crippen LogP contribution in [0.3, 0.4) is 0 Å². The number of nitrogens with one attached hydrogen (secondary N) is 1. The van der Waals surface area contributed by atoms with E-state index in [0.717, 1.165) is 5.56 Å². The minimum Gasteiger partial charge on any atom is -0.495 e. The normalized spacial score (nSPS) is 10.5. The van der Waals surface area contributed by atoms with Crippen molar-refractivity contribution in [3.63, 3.8) is 0 Å². The summed E-state index contributed by atoms with van der Waals surface area (Å²) in [5, 5.41) is 4.34. The second-order valence-electron chi connectivity index (χ2n) is 4.86. The predicted molar refractivity (Wildman–Crippen MR) is 96.8 cm³/mol. The first-order chi connectivity index (χ1) is 12.1. The molecule has 0 aliphatic carbocycles. The smallest absolute Gasteiger partial charge is 0.277 e. The molecule has 0 bridgehead atoms. The second-order valence-corrected chi connectivity index (χ2v) is 5.26. The van der Waals surface area contributed by atoms with Crippen LogP contribution >= 0.6 is 11.6 Å². The zero-order valence-electron chi connectivity index (χ0n) is 14.0. The standard InChI is InChI=1S/C18H19ClN2O4/c1-3-24-16-6-4-5-7-17(16)25-12-18(22)21-20-11-13-8-9-15(23-2)14(19)10-13/h4-11H,3,12H2,1-2H3,(H,21,22)/b20-11-. The van der Waals surface area contributed by atoms with E-state index in [9.17, 15) is 4.79 Å². The van der Waals surface area contributed by atoms with Crippen LogP contribution in [-0.2, 0) is 4.79 Å². The van der Waals surface area contributed by atoms with Crippen LogP contribution in [0.5, 0.6) is 17.2 Å². The maximum atomic E-state index is 11.8. The van der Waals surface area contributed by atoms with Crippen LogP contribution < -0.4 is 19.6 Å². The van der Waals surface area contributed by atoms with Crippen molar-refractivity contribution in [3.8, 4) is 17.2 Å². The Morgan fingerprint density at radius 2 is 1.88 bits per heavy atom. The lowest BCUT2D eigenvalue weighted by molar-refractivity contribution is -0.123. The van der Waals surface area contributed by atoms with Gasteiger partial charge in [-0.2, -0.15) is 5.10 Å². The van der Waals surface area contributed by atoms with Gasteiger partial charge in [-0.15, -0.1) is 0 Å². The molecule has 0 aromatic heterocycles. The molecule has 2 aromatic rings. The molecule has 0 aliphatic rings. The van der Waals surface area contributed by atoms with E-state index in [2.05, 4.69) is 10.5 Å². The van der Waals surface area contributed by atoms with Gasteiger partial charge in [0.25, 0.3) is 5.91 Å². The van der Waals surface area contributed by atoms with Crippen LogP contribution in [-0.4, -0.2) is 32.4 Å². The summed E-state index contributed by atoms with van der Waals surface area (Å²) in [7, 11) is 1.54. The van der Waals surface area contributed by atoms with Crippen LogP contribution in [0.4, 0.5) is 0 Å². The molecule has 0 atom stereocenters. The summed E-state index contributed by atoms with van der Waals surface area (Å²) in [6.45, 7) is 2.22. The van der Waals surface area contributed by atoms with E-state index in [0.29, 0.717) is 28.9 Å². The Labute approximate surface area is 151 Å². The van der Waals surface area contributed by atoms with E-state index in [1.807, 2.05) is 13.0 Å². The molecule has 0 saturated heterocycles. The van der Waals surface area contributed by atoms with E-state index >= 15 is 0 Å². The summed E-state index contributed by atoms with van der Waals surface area (Å²) in [5.74, 6) is 1.28. The predicted octanol–water partition coefficient (Wildman–Crippen LogP) is 3.28. The third-order valence-electron chi connectivity index (χ3n) is 3.09. The first-order valence-electron chi connectivity index (χ1n) is 7.64. The molecule has 0 saturated carbocycles. The van der Waals surface area contributed by atoms with Crippen molar-refractivity contribution in [2.24, 2.45) is 5.10 Å². The number of ether oxygens (including phenoxy) is 3. The van der Waals surface area contributed by atoms with E-state index in [-0.39, 0.29) is 12.5 Å². The molecule has 25 heavy (non-hydrogen) atoms. The molecule has 2 rings (SSSR count). The van der Waals surface area contributed by atoms with Gasteiger partial charge in [0.2, 0.25) is 0 Å². The lowest BCUT2D eigenvalue weighted by atomic mass is 10.2. The van der Waals surface area contributed by atoms with E-state index in [1.54, 1.807) is 43.5 Å². The highest BCUT2D eigenvalue weighted by atomic mass is 35.5. The van der Waals surface area contributed by atoms with Crippen LogP contribution in [0.2, 0.25) is 5.02 Å². The molecule has 2 aromatic carbocycles. The van der Waals surface area contributed by atoms with Gasteiger partial charge in [0.05, 0.1) is 25.0 Å². The monoisotopic (exact) mass is 362 g/mol. The summed E-state index contributed by atoms with van der Waals surface area (Å²) < 4.78 is 16.0. The highest BCUT2D eigenvalue weighted by molar-refractivity contribution is 6.32. The Hall–Kier alpha value is -2.73. The van der Waals surface area contributed by atoms with Gasteiger partial charge in [-0.05, 0) is 42.8 Å². The molecule has 0 radical (unpaired) electrons. The number of para-hydroxylation sites is 2. The SMILES string of the molecule is CCOc1ccccc1OCC(=O)N/N=C\c1ccc(OC)c(Cl)c1. The number of nitrogens with zero attached hydrogens (tertiary/aromatic N) is 1. The highest BCUT2D eigenvalue weighted by Crippen LogP contribution is 2.26. The van der Waals surface area contributed by atoms with Crippen molar-refractivity contribution in [2.45, 2.75) is 6.92 Å². The number of benzene rings is 2. The van der Waals surface area contributed by atoms with Crippen molar-refractivity contribution in [3.05, 3.63) is 53.1 Å². The number of carbonyl (C=O) groups excluding carboxylic acids is 1. The fraction of sp³-hybridized carbons (Fsp3) is 0.222. The second kappa shape index (κ2) is 9.54. The first-order valence-corrected chi connectivity index (χ1v) is 8.02. The van der Waals surface area contributed by atoms with Gasteiger partial charge in [-0.3, -0.25) is 4.79 Å². The number of halogens is 1. The Balaban J connectivity index is 1.85. The highest BCUT2D eigenvalue weighted by Gasteiger charge is 2.06. The fourth-order valence-corrected chi connectivity index (χ4v) is 2.23. The van der Waals surface area contributed by atoms with Crippen molar-refractivity contribution < 1.29 is 19.0 Å². The maximum absolute atomic E-state index is 11.8. The lowest BCUT2D eigenvalue weighted by Crippen LogP contribution is -2.24. The zero-order chi connectivity index (χ0) is 18.1. The Morgan fingerprint density at radius 3 is 2.52 bits per heavy atom. The first kappa shape index (κ1) is 18.6. The quantitative estimate of drug-likeness (QED) is 0.578. The molecule has 0 aliphatic heterocycles. The molecule has 0 heterocycles. The molecule has 0 fully saturated rings. The van der Waals surface area contributed by atoms with Gasteiger partial charge in [0.1, 0.15) is 5.75 Å². The van der Waals surface area contributed by atoms with Crippen molar-refractivity contribution in [2.75, 3.05) is 20.3 Å². The molecule has 1 amide bonds. The Kier molecular flexibility index (Phi) is 7.10. The molecule has 6 nitrogen and oxygen atoms in total. The molecular weight excluding hydrogens is 344 g/mol. The summed E-state index contributed by atoms with van der Waals surface area (Å²) in [6.07, 6.45) is 1.48. The number of carbonyl (C=O) groups is 1. The van der Waals surface area contributed by atoms with E-state index < -0.39 is 0 Å². The van der Waals surface area contributed by atoms with Gasteiger partial charge < -0.3 is 14.2 Å². The van der Waals surface area contributed by atoms with Crippen LogP contribution in [0.25, 0.3) is 0 Å². The third-order valence-corrected chi connectivity index (χ3v) is 3.38. The molecule has 7 heteroatoms. The Bertz CT molecular complexity index is 750. The fourth-order valence-electron chi connectivity index (χ4n) is 1.96. The van der Waals surface area contributed by atoms with E-state index in [1.165, 1.54) is 6.21 Å². The molecular formula is C18H19ClN2O4. The van der Waals surface area contributed by atoms with Crippen LogP contribution in [0.15, 0.2) is 47.6 Å². The van der Waals surface area contributed by atoms with Gasteiger partial charge in [0, 0.05) is 0 Å². The van der Waals surface area contributed by atoms with Gasteiger partial charge in [0.15, 0.2) is 18.1 Å². The number of rotatable bonds is 8. The van der Waals surface area contributed by atoms with Crippen molar-refractivity contribution >= 4 is 23.7 Å². The summed E-state index contributed by atoms with van der Waals surface area (Å²) in [5.41, 5.74) is 3.12. The molecule has 0 spiro atoms. The van der Waals surface area contributed by atoms with E-state index in [4.69, 9.17) is 25.8 Å². The minimum absolute atomic E-state index is 0.176. The summed E-state index contributed by atoms with van der Waals surface area (Å²) in [6, 6.07) is 12.3. The van der Waals surface area contributed by atoms with Gasteiger partial charge in [-0.1, -0.05) is 23.7 Å². The summed E-state index contributed by atoms with van der Waals surface area (Å²) in [4.78, 5) is 11.8. The largest absolute Gasteiger partial charge is 0.495 e. The zero-order valence-corrected chi connectivity index (χ0v) is 14.7. The number of hydrogen-bond acceptors (Lipinski definition) is 5. The average Bonchev–Trinajstić information content (AvgIpc) is 2.61. The van der Waals surface area contributed by atoms with Crippen LogP contribution in [0.1, 0.15) is 12.5 Å². The topological polar surface area (TPSA) is 69.2 Å². The number of amides is 1. The van der Waals surface area contributed by atoms with Crippen molar-refractivity contribution in [1.82, 2.24) is 5.43 Å². The number of hydrazone groups is 1. The van der Waals surface area contributed by atoms with Gasteiger partial charge >= 0.3 is 0 Å². The number of hydrogen-bond donors (Lipinski definition) is 1. The van der Waals surface area contributed by atoms with Crippen LogP contribution in [0, 0.1) is 0 Å². The maximum Gasteiger partial charge on any atom is 0.277 e. The molecule has 0 unspecified atom stereocenters. The average molecular weight is 363 g/mol. The molecule has 1 N–H and O–H groups in total. The lowest BCUT2D eigenvalue weighted by Gasteiger charge is -2.10. The van der Waals surface area contributed by atoms with Crippen molar-refractivity contribution in [1.29, 1.82) is 0 Å². The van der Waals surface area contributed by atoms with Gasteiger partial charge in [-0.25, -0.2) is 5.43 Å². The third kappa shape index (κ3) is 5.69. The Morgan fingerprint density at radius 1 is 1.16 bits per heavy atom. The number of methoxy groups -OCH3 is 1. The minimum atomic E-state index is -0.387. The molecule has 132 valence electrons.